The number of rotatable bonds is 10. The first-order chi connectivity index (χ1) is 14.1. The van der Waals surface area contributed by atoms with E-state index in [0.717, 1.165) is 31.6 Å². The minimum absolute atomic E-state index is 0. The molecule has 0 saturated carbocycles. The second-order valence-electron chi connectivity index (χ2n) is 6.99. The van der Waals surface area contributed by atoms with E-state index in [1.54, 1.807) is 25.2 Å². The van der Waals surface area contributed by atoms with Gasteiger partial charge in [-0.15, -0.1) is 24.0 Å². The van der Waals surface area contributed by atoms with Crippen molar-refractivity contribution in [3.05, 3.63) is 60.4 Å². The van der Waals surface area contributed by atoms with Crippen LogP contribution in [0.3, 0.4) is 0 Å². The molecule has 0 spiro atoms. The molecule has 0 fully saturated rings. The third-order valence-electron chi connectivity index (χ3n) is 4.43. The fraction of sp³-hybridized carbons (Fsp3) is 0.409. The summed E-state index contributed by atoms with van der Waals surface area (Å²) < 4.78 is 0. The van der Waals surface area contributed by atoms with E-state index in [2.05, 4.69) is 44.7 Å². The lowest BCUT2D eigenvalue weighted by Crippen LogP contribution is -2.40. The predicted octanol–water partition coefficient (Wildman–Crippen LogP) is 2.39. The second-order valence-corrected chi connectivity index (χ2v) is 6.99. The number of nitrogens with one attached hydrogen (secondary N) is 2. The third-order valence-corrected chi connectivity index (χ3v) is 4.43. The zero-order valence-electron chi connectivity index (χ0n) is 18.0. The van der Waals surface area contributed by atoms with Gasteiger partial charge in [0.05, 0.1) is 0 Å². The zero-order valence-corrected chi connectivity index (χ0v) is 20.4. The third kappa shape index (κ3) is 9.91. The Labute approximate surface area is 197 Å². The molecule has 1 heterocycles. The van der Waals surface area contributed by atoms with Gasteiger partial charge in [0.15, 0.2) is 5.96 Å². The quantitative estimate of drug-likeness (QED) is 0.216. The number of hydrogen-bond donors (Lipinski definition) is 2. The van der Waals surface area contributed by atoms with Gasteiger partial charge in [-0.25, -0.2) is 4.99 Å². The number of pyridine rings is 1. The summed E-state index contributed by atoms with van der Waals surface area (Å²) in [5.74, 6) is 0.623. The molecule has 2 rings (SSSR count). The molecule has 0 aliphatic carbocycles. The van der Waals surface area contributed by atoms with Crippen LogP contribution in [0.5, 0.6) is 0 Å². The Morgan fingerprint density at radius 3 is 2.37 bits per heavy atom. The van der Waals surface area contributed by atoms with Crippen molar-refractivity contribution in [1.29, 1.82) is 0 Å². The molecule has 7 nitrogen and oxygen atoms in total. The molecular weight excluding hydrogens is 491 g/mol. The second kappa shape index (κ2) is 14.6. The number of aromatic nitrogens is 1. The Morgan fingerprint density at radius 1 is 1.00 bits per heavy atom. The van der Waals surface area contributed by atoms with Crippen molar-refractivity contribution in [2.45, 2.75) is 12.8 Å². The molecule has 0 aliphatic heterocycles. The van der Waals surface area contributed by atoms with Gasteiger partial charge in [0.2, 0.25) is 5.91 Å². The van der Waals surface area contributed by atoms with Crippen LogP contribution in [0, 0.1) is 0 Å². The number of hydrogen-bond acceptors (Lipinski definition) is 4. The average Bonchev–Trinajstić information content (AvgIpc) is 2.75. The standard InChI is InChI=1S/C22H32N6O.HI/c1-27(2)21(29)18-26-22(25-16-13-19-10-7-8-14-23-19)24-15-9-17-28(3)20-11-5-4-6-12-20;/h4-8,10-12,14H,9,13,15-18H2,1-3H3,(H2,24,25,26);1H. The van der Waals surface area contributed by atoms with E-state index in [9.17, 15) is 4.79 Å². The van der Waals surface area contributed by atoms with Crippen molar-refractivity contribution in [2.75, 3.05) is 52.2 Å². The molecule has 1 aromatic carbocycles. The maximum Gasteiger partial charge on any atom is 0.243 e. The van der Waals surface area contributed by atoms with Crippen molar-refractivity contribution in [3.63, 3.8) is 0 Å². The van der Waals surface area contributed by atoms with Gasteiger partial charge in [-0.2, -0.15) is 0 Å². The van der Waals surface area contributed by atoms with Crippen LogP contribution in [-0.2, 0) is 11.2 Å². The number of amides is 1. The number of aliphatic imine (C=N–C) groups is 1. The van der Waals surface area contributed by atoms with Gasteiger partial charge in [0.25, 0.3) is 0 Å². The highest BCUT2D eigenvalue weighted by Gasteiger charge is 2.05. The van der Waals surface area contributed by atoms with Gasteiger partial charge in [-0.1, -0.05) is 24.3 Å². The van der Waals surface area contributed by atoms with E-state index in [0.29, 0.717) is 12.5 Å². The van der Waals surface area contributed by atoms with E-state index in [1.807, 2.05) is 36.4 Å². The number of likely N-dealkylation sites (N-methyl/N-ethyl adjacent to an activating group) is 1. The van der Waals surface area contributed by atoms with E-state index >= 15 is 0 Å². The van der Waals surface area contributed by atoms with Gasteiger partial charge in [0, 0.05) is 64.8 Å². The van der Waals surface area contributed by atoms with Gasteiger partial charge in [-0.05, 0) is 30.7 Å². The highest BCUT2D eigenvalue weighted by atomic mass is 127. The van der Waals surface area contributed by atoms with Gasteiger partial charge >= 0.3 is 0 Å². The van der Waals surface area contributed by atoms with Crippen LogP contribution >= 0.6 is 24.0 Å². The number of carbonyl (C=O) groups is 1. The summed E-state index contributed by atoms with van der Waals surface area (Å²) in [6.07, 6.45) is 3.54. The smallest absolute Gasteiger partial charge is 0.243 e. The van der Waals surface area contributed by atoms with Crippen molar-refractivity contribution < 1.29 is 4.79 Å². The fourth-order valence-electron chi connectivity index (χ4n) is 2.65. The van der Waals surface area contributed by atoms with Gasteiger partial charge < -0.3 is 20.4 Å². The topological polar surface area (TPSA) is 72.9 Å². The Morgan fingerprint density at radius 2 is 1.70 bits per heavy atom. The monoisotopic (exact) mass is 524 g/mol. The molecule has 2 aromatic rings. The van der Waals surface area contributed by atoms with Crippen LogP contribution in [0.25, 0.3) is 0 Å². The lowest BCUT2D eigenvalue weighted by atomic mass is 10.3. The lowest BCUT2D eigenvalue weighted by Gasteiger charge is -2.20. The number of nitrogens with zero attached hydrogens (tertiary/aromatic N) is 4. The molecule has 0 unspecified atom stereocenters. The average molecular weight is 524 g/mol. The van der Waals surface area contributed by atoms with Crippen LogP contribution < -0.4 is 15.5 Å². The van der Waals surface area contributed by atoms with E-state index in [4.69, 9.17) is 0 Å². The Hall–Kier alpha value is -2.36. The maximum atomic E-state index is 11.9. The molecule has 0 aliphatic rings. The highest BCUT2D eigenvalue weighted by molar-refractivity contribution is 14.0. The van der Waals surface area contributed by atoms with Crippen LogP contribution in [0.1, 0.15) is 12.1 Å². The first-order valence-electron chi connectivity index (χ1n) is 9.94. The number of carbonyl (C=O) groups excluding carboxylic acids is 1. The number of para-hydroxylation sites is 1. The SMILES string of the molecule is CN(C)C(=O)CN=C(NCCCN(C)c1ccccc1)NCCc1ccccn1.I. The molecule has 2 N–H and O–H groups in total. The van der Waals surface area contributed by atoms with Gasteiger partial charge in [-0.3, -0.25) is 9.78 Å². The largest absolute Gasteiger partial charge is 0.375 e. The number of benzene rings is 1. The molecule has 0 saturated heterocycles. The van der Waals surface area contributed by atoms with Crippen molar-refractivity contribution in [1.82, 2.24) is 20.5 Å². The lowest BCUT2D eigenvalue weighted by molar-refractivity contribution is -0.127. The Balaban J connectivity index is 0.00000450. The first-order valence-corrected chi connectivity index (χ1v) is 9.94. The highest BCUT2D eigenvalue weighted by Crippen LogP contribution is 2.10. The Kier molecular flexibility index (Phi) is 12.5. The van der Waals surface area contributed by atoms with Crippen LogP contribution in [0.4, 0.5) is 5.69 Å². The van der Waals surface area contributed by atoms with Crippen molar-refractivity contribution in [2.24, 2.45) is 4.99 Å². The molecule has 0 radical (unpaired) electrons. The van der Waals surface area contributed by atoms with Gasteiger partial charge in [0.1, 0.15) is 6.54 Å². The molecule has 30 heavy (non-hydrogen) atoms. The van der Waals surface area contributed by atoms with E-state index in [1.165, 1.54) is 5.69 Å². The molecule has 1 amide bonds. The summed E-state index contributed by atoms with van der Waals surface area (Å²) in [7, 11) is 5.56. The van der Waals surface area contributed by atoms with Crippen LogP contribution in [0.2, 0.25) is 0 Å². The first kappa shape index (κ1) is 25.7. The van der Waals surface area contributed by atoms with Crippen LogP contribution in [-0.4, -0.2) is 69.1 Å². The summed E-state index contributed by atoms with van der Waals surface area (Å²) in [4.78, 5) is 24.4. The summed E-state index contributed by atoms with van der Waals surface area (Å²) in [6, 6.07) is 16.2. The fourth-order valence-corrected chi connectivity index (χ4v) is 2.65. The summed E-state index contributed by atoms with van der Waals surface area (Å²) in [5, 5.41) is 6.63. The molecular formula is C22H33IN6O. The van der Waals surface area contributed by atoms with Crippen molar-refractivity contribution in [3.8, 4) is 0 Å². The molecule has 1 aromatic heterocycles. The molecule has 0 bridgehead atoms. The van der Waals surface area contributed by atoms with Crippen molar-refractivity contribution >= 4 is 41.5 Å². The summed E-state index contributed by atoms with van der Waals surface area (Å²) >= 11 is 0. The number of anilines is 1. The minimum atomic E-state index is -0.0281. The minimum Gasteiger partial charge on any atom is -0.375 e. The summed E-state index contributed by atoms with van der Waals surface area (Å²) in [5.41, 5.74) is 2.22. The van der Waals surface area contributed by atoms with E-state index in [-0.39, 0.29) is 36.4 Å². The molecule has 0 atom stereocenters. The molecule has 164 valence electrons. The summed E-state index contributed by atoms with van der Waals surface area (Å²) in [6.45, 7) is 2.51. The zero-order chi connectivity index (χ0) is 20.9. The number of guanidine groups is 1. The van der Waals surface area contributed by atoms with E-state index < -0.39 is 0 Å². The van der Waals surface area contributed by atoms with Crippen LogP contribution in [0.15, 0.2) is 59.7 Å². The predicted molar refractivity (Wildman–Crippen MR) is 135 cm³/mol. The number of halogens is 1. The molecule has 8 heteroatoms. The maximum absolute atomic E-state index is 11.9. The Bertz CT molecular complexity index is 755. The normalized spacial score (nSPS) is 10.7.